The molecule has 0 spiro atoms. The number of nitrogens with one attached hydrogen (secondary N) is 2. The molecule has 0 atom stereocenters. The molecule has 0 aliphatic heterocycles. The maximum atomic E-state index is 10.5. The van der Waals surface area contributed by atoms with Crippen molar-refractivity contribution in [3.8, 4) is 0 Å². The first kappa shape index (κ1) is 9.19. The van der Waals surface area contributed by atoms with E-state index in [-0.39, 0.29) is 0 Å². The van der Waals surface area contributed by atoms with Crippen LogP contribution in [0, 0.1) is 0 Å². The van der Waals surface area contributed by atoms with E-state index in [9.17, 15) is 4.79 Å². The molecule has 4 N–H and O–H groups in total. The van der Waals surface area contributed by atoms with Crippen molar-refractivity contribution in [1.82, 2.24) is 10.9 Å². The first-order chi connectivity index (χ1) is 4.81. The zero-order chi connectivity index (χ0) is 7.82. The number of amides is 1. The average molecular weight is 147 g/mol. The Morgan fingerprint density at radius 1 is 1.70 bits per heavy atom. The van der Waals surface area contributed by atoms with Gasteiger partial charge in [0.25, 0.3) is 0 Å². The molecule has 5 nitrogen and oxygen atoms in total. The summed E-state index contributed by atoms with van der Waals surface area (Å²) in [6.07, 6.45) is -0.476. The van der Waals surface area contributed by atoms with Gasteiger partial charge in [0.15, 0.2) is 0 Å². The summed E-state index contributed by atoms with van der Waals surface area (Å²) in [6.45, 7) is 3.13. The van der Waals surface area contributed by atoms with Crippen LogP contribution in [0.5, 0.6) is 0 Å². The Bertz CT molecular complexity index is 96.9. The normalized spacial score (nSPS) is 9.00. The molecule has 0 radical (unpaired) electrons. The molecular formula is C5H13N3O2. The predicted molar refractivity (Wildman–Crippen MR) is 37.2 cm³/mol. The Hall–Kier alpha value is -0.810. The predicted octanol–water partition coefficient (Wildman–Crippen LogP) is -0.804. The molecule has 0 aliphatic carbocycles. The topological polar surface area (TPSA) is 76.4 Å². The van der Waals surface area contributed by atoms with Gasteiger partial charge in [-0.15, -0.1) is 0 Å². The van der Waals surface area contributed by atoms with Crippen molar-refractivity contribution in [1.29, 1.82) is 0 Å². The molecule has 0 aromatic carbocycles. The summed E-state index contributed by atoms with van der Waals surface area (Å²) >= 11 is 0. The number of rotatable bonds is 4. The average Bonchev–Trinajstić information content (AvgIpc) is 1.89. The molecule has 0 rings (SSSR count). The Balaban J connectivity index is 3.05. The minimum atomic E-state index is -0.476. The van der Waals surface area contributed by atoms with Crippen molar-refractivity contribution in [3.63, 3.8) is 0 Å². The Morgan fingerprint density at radius 2 is 2.40 bits per heavy atom. The third-order valence-corrected chi connectivity index (χ3v) is 0.735. The molecule has 0 aromatic rings. The number of hydrogen-bond donors (Lipinski definition) is 3. The highest BCUT2D eigenvalue weighted by atomic mass is 16.5. The van der Waals surface area contributed by atoms with Crippen molar-refractivity contribution >= 4 is 6.09 Å². The van der Waals surface area contributed by atoms with Crippen LogP contribution in [0.1, 0.15) is 6.92 Å². The van der Waals surface area contributed by atoms with Crippen molar-refractivity contribution in [3.05, 3.63) is 0 Å². The molecule has 0 aliphatic rings. The van der Waals surface area contributed by atoms with E-state index in [1.54, 1.807) is 6.92 Å². The lowest BCUT2D eigenvalue weighted by Crippen LogP contribution is -2.40. The fourth-order valence-corrected chi connectivity index (χ4v) is 0.374. The zero-order valence-electron chi connectivity index (χ0n) is 6.02. The molecule has 5 heteroatoms. The molecule has 60 valence electrons. The number of carbonyl (C=O) groups is 1. The summed E-state index contributed by atoms with van der Waals surface area (Å²) in [7, 11) is 0. The molecule has 10 heavy (non-hydrogen) atoms. The maximum Gasteiger partial charge on any atom is 0.421 e. The van der Waals surface area contributed by atoms with Crippen LogP contribution >= 0.6 is 0 Å². The van der Waals surface area contributed by atoms with Crippen LogP contribution in [0.4, 0.5) is 4.79 Å². The highest BCUT2D eigenvalue weighted by Crippen LogP contribution is 1.71. The molecule has 0 saturated heterocycles. The van der Waals surface area contributed by atoms with Crippen LogP contribution in [-0.4, -0.2) is 25.8 Å². The third-order valence-electron chi connectivity index (χ3n) is 0.735. The van der Waals surface area contributed by atoms with Crippen molar-refractivity contribution in [2.45, 2.75) is 6.92 Å². The van der Waals surface area contributed by atoms with Gasteiger partial charge in [0.1, 0.15) is 0 Å². The fraction of sp³-hybridized carbons (Fsp3) is 0.800. The van der Waals surface area contributed by atoms with Gasteiger partial charge in [-0.3, -0.25) is 5.43 Å². The third kappa shape index (κ3) is 5.33. The summed E-state index contributed by atoms with van der Waals surface area (Å²) in [4.78, 5) is 10.5. The summed E-state index contributed by atoms with van der Waals surface area (Å²) in [5.74, 6) is 0. The van der Waals surface area contributed by atoms with Crippen LogP contribution in [0.3, 0.4) is 0 Å². The van der Waals surface area contributed by atoms with Gasteiger partial charge in [0.05, 0.1) is 6.61 Å². The van der Waals surface area contributed by atoms with E-state index in [1.807, 2.05) is 0 Å². The van der Waals surface area contributed by atoms with Gasteiger partial charge in [0, 0.05) is 13.1 Å². The second-order valence-electron chi connectivity index (χ2n) is 1.56. The van der Waals surface area contributed by atoms with E-state index in [0.717, 1.165) is 0 Å². The SMILES string of the molecule is CCOC(=O)NNCCN. The molecule has 0 aromatic heterocycles. The maximum absolute atomic E-state index is 10.5. The lowest BCUT2D eigenvalue weighted by atomic mass is 10.7. The number of hydrogen-bond acceptors (Lipinski definition) is 4. The number of hydrazine groups is 1. The lowest BCUT2D eigenvalue weighted by molar-refractivity contribution is 0.147. The zero-order valence-corrected chi connectivity index (χ0v) is 6.02. The van der Waals surface area contributed by atoms with Gasteiger partial charge >= 0.3 is 6.09 Å². The van der Waals surface area contributed by atoms with Gasteiger partial charge in [-0.1, -0.05) is 0 Å². The first-order valence-corrected chi connectivity index (χ1v) is 3.17. The fourth-order valence-electron chi connectivity index (χ4n) is 0.374. The summed E-state index contributed by atoms with van der Waals surface area (Å²) in [6, 6.07) is 0. The monoisotopic (exact) mass is 147 g/mol. The largest absolute Gasteiger partial charge is 0.449 e. The van der Waals surface area contributed by atoms with Gasteiger partial charge in [-0.25, -0.2) is 10.2 Å². The Labute approximate surface area is 59.9 Å². The lowest BCUT2D eigenvalue weighted by Gasteiger charge is -2.04. The van der Waals surface area contributed by atoms with E-state index in [1.165, 1.54) is 0 Å². The van der Waals surface area contributed by atoms with E-state index in [2.05, 4.69) is 15.6 Å². The molecule has 0 bridgehead atoms. The van der Waals surface area contributed by atoms with Gasteiger partial charge < -0.3 is 10.5 Å². The number of ether oxygens (including phenoxy) is 1. The van der Waals surface area contributed by atoms with Crippen LogP contribution in [0.25, 0.3) is 0 Å². The first-order valence-electron chi connectivity index (χ1n) is 3.17. The summed E-state index contributed by atoms with van der Waals surface area (Å²) < 4.78 is 4.54. The van der Waals surface area contributed by atoms with E-state index < -0.39 is 6.09 Å². The molecule has 0 heterocycles. The number of carbonyl (C=O) groups excluding carboxylic acids is 1. The van der Waals surface area contributed by atoms with Gasteiger partial charge in [0.2, 0.25) is 0 Å². The van der Waals surface area contributed by atoms with Crippen molar-refractivity contribution in [2.75, 3.05) is 19.7 Å². The minimum Gasteiger partial charge on any atom is -0.449 e. The molecule has 0 unspecified atom stereocenters. The molecule has 1 amide bonds. The summed E-state index contributed by atoms with van der Waals surface area (Å²) in [5, 5.41) is 0. The second-order valence-corrected chi connectivity index (χ2v) is 1.56. The second kappa shape index (κ2) is 6.31. The molecular weight excluding hydrogens is 134 g/mol. The van der Waals surface area contributed by atoms with E-state index >= 15 is 0 Å². The van der Waals surface area contributed by atoms with E-state index in [0.29, 0.717) is 19.7 Å². The van der Waals surface area contributed by atoms with Gasteiger partial charge in [-0.2, -0.15) is 0 Å². The highest BCUT2D eigenvalue weighted by molar-refractivity contribution is 5.66. The highest BCUT2D eigenvalue weighted by Gasteiger charge is 1.95. The Morgan fingerprint density at radius 3 is 2.90 bits per heavy atom. The minimum absolute atomic E-state index is 0.371. The van der Waals surface area contributed by atoms with Crippen molar-refractivity contribution in [2.24, 2.45) is 5.73 Å². The Kier molecular flexibility index (Phi) is 5.80. The van der Waals surface area contributed by atoms with Crippen LogP contribution in [0.15, 0.2) is 0 Å². The van der Waals surface area contributed by atoms with Crippen LogP contribution < -0.4 is 16.6 Å². The molecule has 0 saturated carbocycles. The van der Waals surface area contributed by atoms with Crippen LogP contribution in [0.2, 0.25) is 0 Å². The quantitative estimate of drug-likeness (QED) is 0.359. The van der Waals surface area contributed by atoms with Crippen LogP contribution in [-0.2, 0) is 4.74 Å². The number of nitrogens with two attached hydrogens (primary N) is 1. The smallest absolute Gasteiger partial charge is 0.421 e. The van der Waals surface area contributed by atoms with Gasteiger partial charge in [-0.05, 0) is 6.92 Å². The standard InChI is InChI=1S/C5H13N3O2/c1-2-10-5(9)8-7-4-3-6/h7H,2-4,6H2,1H3,(H,8,9). The summed E-state index contributed by atoms with van der Waals surface area (Å²) in [5.41, 5.74) is 10.00. The molecule has 0 fully saturated rings. The van der Waals surface area contributed by atoms with Crippen molar-refractivity contribution < 1.29 is 9.53 Å². The van der Waals surface area contributed by atoms with E-state index in [4.69, 9.17) is 5.73 Å².